The summed E-state index contributed by atoms with van der Waals surface area (Å²) in [4.78, 5) is 9.23. The number of morpholine rings is 1. The fraction of sp³-hybridized carbons (Fsp3) is 0.409. The van der Waals surface area contributed by atoms with E-state index < -0.39 is 11.6 Å². The van der Waals surface area contributed by atoms with Crippen LogP contribution in [0.1, 0.15) is 6.42 Å². The highest BCUT2D eigenvalue weighted by molar-refractivity contribution is 6.38. The molecule has 2 aliphatic rings. The van der Waals surface area contributed by atoms with Gasteiger partial charge in [-0.3, -0.25) is 0 Å². The van der Waals surface area contributed by atoms with Gasteiger partial charge in [-0.2, -0.15) is 0 Å². The Bertz CT molecular complexity index is 1160. The van der Waals surface area contributed by atoms with Crippen molar-refractivity contribution < 1.29 is 28.1 Å². The fourth-order valence-electron chi connectivity index (χ4n) is 4.13. The maximum Gasteiger partial charge on any atom is 0.213 e. The lowest BCUT2D eigenvalue weighted by Gasteiger charge is -2.29. The number of hydrogen-bond acceptors (Lipinski definition) is 6. The highest BCUT2D eigenvalue weighted by Gasteiger charge is 2.29. The zero-order valence-corrected chi connectivity index (χ0v) is 18.9. The molecule has 0 radical (unpaired) electrons. The van der Waals surface area contributed by atoms with Crippen LogP contribution in [0.15, 0.2) is 18.2 Å². The van der Waals surface area contributed by atoms with Crippen molar-refractivity contribution in [2.45, 2.75) is 18.6 Å². The summed E-state index contributed by atoms with van der Waals surface area (Å²) in [5.74, 6) is -1.29. The molecular formula is C22H21Cl2F2N3O4. The minimum Gasteiger partial charge on any atom is -0.472 e. The first-order valence-electron chi connectivity index (χ1n) is 10.5. The summed E-state index contributed by atoms with van der Waals surface area (Å²) in [6.07, 6.45) is -0.0814. The van der Waals surface area contributed by atoms with E-state index in [0.717, 1.165) is 0 Å². The van der Waals surface area contributed by atoms with Gasteiger partial charge in [-0.25, -0.2) is 13.8 Å². The van der Waals surface area contributed by atoms with E-state index in [1.807, 2.05) is 4.90 Å². The lowest BCUT2D eigenvalue weighted by molar-refractivity contribution is 0.0531. The van der Waals surface area contributed by atoms with Gasteiger partial charge in [-0.15, -0.1) is 0 Å². The van der Waals surface area contributed by atoms with Crippen molar-refractivity contribution in [3.63, 3.8) is 0 Å². The first-order chi connectivity index (χ1) is 15.9. The average Bonchev–Trinajstić information content (AvgIpc) is 3.38. The number of pyridine rings is 1. The fourth-order valence-corrected chi connectivity index (χ4v) is 4.61. The molecule has 7 nitrogen and oxygen atoms in total. The van der Waals surface area contributed by atoms with Gasteiger partial charge in [0.05, 0.1) is 54.3 Å². The van der Waals surface area contributed by atoms with Gasteiger partial charge in [0.15, 0.2) is 0 Å². The van der Waals surface area contributed by atoms with Gasteiger partial charge in [-0.1, -0.05) is 23.2 Å². The molecule has 4 heterocycles. The zero-order valence-electron chi connectivity index (χ0n) is 17.4. The van der Waals surface area contributed by atoms with Gasteiger partial charge in [0.1, 0.15) is 28.3 Å². The predicted octanol–water partition coefficient (Wildman–Crippen LogP) is 4.18. The number of H-pyrrole nitrogens is 1. The standard InChI is InChI=1S/C22H21Cl2F2N3O4/c23-14-8-17-21(19(24)22(27-17)33-13-7-12(9-30)32-10-13)28-20(14)18-15(25)5-11(6-16(18)26)29-1-3-31-4-2-29/h5-6,8,12-13,27,30H,1-4,7,9-10H2/t12-,13-/m0/s1. The molecule has 2 saturated heterocycles. The summed E-state index contributed by atoms with van der Waals surface area (Å²) < 4.78 is 46.7. The summed E-state index contributed by atoms with van der Waals surface area (Å²) in [5.41, 5.74) is 0.801. The van der Waals surface area contributed by atoms with Crippen molar-refractivity contribution in [1.82, 2.24) is 9.97 Å². The van der Waals surface area contributed by atoms with E-state index in [1.54, 1.807) is 0 Å². The second kappa shape index (κ2) is 9.23. The van der Waals surface area contributed by atoms with Crippen LogP contribution in [0.25, 0.3) is 22.3 Å². The molecule has 11 heteroatoms. The van der Waals surface area contributed by atoms with Gasteiger partial charge < -0.3 is 29.2 Å². The first-order valence-corrected chi connectivity index (χ1v) is 11.3. The summed E-state index contributed by atoms with van der Waals surface area (Å²) in [6, 6.07) is 4.06. The number of ether oxygens (including phenoxy) is 3. The third kappa shape index (κ3) is 4.36. The van der Waals surface area contributed by atoms with Crippen molar-refractivity contribution in [3.8, 4) is 17.1 Å². The zero-order chi connectivity index (χ0) is 23.1. The van der Waals surface area contributed by atoms with Gasteiger partial charge in [-0.05, 0) is 18.2 Å². The van der Waals surface area contributed by atoms with Crippen molar-refractivity contribution in [2.24, 2.45) is 0 Å². The smallest absolute Gasteiger partial charge is 0.213 e. The first kappa shape index (κ1) is 22.6. The minimum atomic E-state index is -0.772. The van der Waals surface area contributed by atoms with E-state index in [2.05, 4.69) is 9.97 Å². The van der Waals surface area contributed by atoms with Crippen molar-refractivity contribution in [3.05, 3.63) is 39.9 Å². The molecule has 2 fully saturated rings. The van der Waals surface area contributed by atoms with Crippen LogP contribution >= 0.6 is 23.2 Å². The maximum absolute atomic E-state index is 15.1. The number of benzene rings is 1. The molecule has 0 aliphatic carbocycles. The van der Waals surface area contributed by atoms with Crippen LogP contribution in [0.2, 0.25) is 10.0 Å². The van der Waals surface area contributed by atoms with E-state index in [9.17, 15) is 5.11 Å². The molecule has 0 amide bonds. The molecule has 2 aromatic heterocycles. The minimum absolute atomic E-state index is 0.0512. The number of fused-ring (bicyclic) bond motifs is 1. The highest BCUT2D eigenvalue weighted by Crippen LogP contribution is 2.39. The topological polar surface area (TPSA) is 79.8 Å². The monoisotopic (exact) mass is 499 g/mol. The number of halogens is 4. The summed E-state index contributed by atoms with van der Waals surface area (Å²) in [6.45, 7) is 2.31. The Morgan fingerprint density at radius 1 is 1.18 bits per heavy atom. The van der Waals surface area contributed by atoms with Crippen LogP contribution < -0.4 is 9.64 Å². The van der Waals surface area contributed by atoms with Crippen LogP contribution in [-0.4, -0.2) is 66.8 Å². The second-order valence-electron chi connectivity index (χ2n) is 7.98. The molecule has 3 aromatic rings. The third-order valence-corrected chi connectivity index (χ3v) is 6.44. The Morgan fingerprint density at radius 3 is 2.58 bits per heavy atom. The molecule has 1 aromatic carbocycles. The van der Waals surface area contributed by atoms with E-state index in [0.29, 0.717) is 50.5 Å². The Hall–Kier alpha value is -2.17. The van der Waals surface area contributed by atoms with Crippen LogP contribution in [0.4, 0.5) is 14.5 Å². The maximum atomic E-state index is 15.1. The molecule has 5 rings (SSSR count). The largest absolute Gasteiger partial charge is 0.472 e. The second-order valence-corrected chi connectivity index (χ2v) is 8.77. The van der Waals surface area contributed by atoms with Crippen molar-refractivity contribution in [1.29, 1.82) is 0 Å². The number of rotatable bonds is 5. The third-order valence-electron chi connectivity index (χ3n) is 5.80. The SMILES string of the molecule is OC[C@@H]1C[C@H](Oc2[nH]c3cc(Cl)c(-c4c(F)cc(N5CCOCC5)cc4F)nc3c2Cl)CO1. The molecule has 176 valence electrons. The van der Waals surface area contributed by atoms with Gasteiger partial charge >= 0.3 is 0 Å². The quantitative estimate of drug-likeness (QED) is 0.548. The number of aliphatic hydroxyl groups excluding tert-OH is 1. The Balaban J connectivity index is 1.48. The highest BCUT2D eigenvalue weighted by atomic mass is 35.5. The number of hydrogen-bond donors (Lipinski definition) is 2. The number of nitrogens with one attached hydrogen (secondary N) is 1. The Labute approximate surface area is 198 Å². The van der Waals surface area contributed by atoms with Crippen LogP contribution in [-0.2, 0) is 9.47 Å². The Morgan fingerprint density at radius 2 is 1.91 bits per heavy atom. The predicted molar refractivity (Wildman–Crippen MR) is 120 cm³/mol. The number of nitrogens with zero attached hydrogens (tertiary/aromatic N) is 2. The number of aromatic amines is 1. The summed E-state index contributed by atoms with van der Waals surface area (Å²) in [7, 11) is 0. The van der Waals surface area contributed by atoms with Crippen LogP contribution in [0.3, 0.4) is 0 Å². The van der Waals surface area contributed by atoms with Crippen molar-refractivity contribution >= 4 is 39.9 Å². The molecule has 2 aliphatic heterocycles. The lowest BCUT2D eigenvalue weighted by atomic mass is 10.1. The molecule has 0 spiro atoms. The molecule has 0 bridgehead atoms. The van der Waals surface area contributed by atoms with E-state index in [-0.39, 0.29) is 51.5 Å². The van der Waals surface area contributed by atoms with E-state index >= 15 is 8.78 Å². The summed E-state index contributed by atoms with van der Waals surface area (Å²) >= 11 is 12.8. The van der Waals surface area contributed by atoms with E-state index in [4.69, 9.17) is 37.4 Å². The van der Waals surface area contributed by atoms with Gasteiger partial charge in [0.25, 0.3) is 0 Å². The molecule has 2 N–H and O–H groups in total. The van der Waals surface area contributed by atoms with E-state index in [1.165, 1.54) is 18.2 Å². The number of anilines is 1. The number of aromatic nitrogens is 2. The molecule has 0 saturated carbocycles. The average molecular weight is 500 g/mol. The molecular weight excluding hydrogens is 479 g/mol. The normalized spacial score (nSPS) is 21.2. The number of aliphatic hydroxyl groups is 1. The Kier molecular flexibility index (Phi) is 6.32. The van der Waals surface area contributed by atoms with Crippen LogP contribution in [0.5, 0.6) is 5.88 Å². The van der Waals surface area contributed by atoms with Gasteiger partial charge in [0.2, 0.25) is 5.88 Å². The molecule has 33 heavy (non-hydrogen) atoms. The van der Waals surface area contributed by atoms with Crippen LogP contribution in [0, 0.1) is 11.6 Å². The molecule has 0 unspecified atom stereocenters. The lowest BCUT2D eigenvalue weighted by Crippen LogP contribution is -2.36. The molecule has 2 atom stereocenters. The summed E-state index contributed by atoms with van der Waals surface area (Å²) in [5, 5.41) is 9.45. The van der Waals surface area contributed by atoms with Crippen molar-refractivity contribution in [2.75, 3.05) is 44.4 Å². The van der Waals surface area contributed by atoms with Gasteiger partial charge in [0, 0.05) is 25.2 Å².